The highest BCUT2D eigenvalue weighted by atomic mass is 35.5. The highest BCUT2D eigenvalue weighted by molar-refractivity contribution is 7.89. The van der Waals surface area contributed by atoms with Crippen molar-refractivity contribution in [2.24, 2.45) is 0 Å². The van der Waals surface area contributed by atoms with Crippen molar-refractivity contribution in [3.05, 3.63) is 29.3 Å². The molecule has 0 spiro atoms. The minimum absolute atomic E-state index is 0. The number of hydrogen-bond acceptors (Lipinski definition) is 4. The molecule has 1 aromatic carbocycles. The molecule has 0 radical (unpaired) electrons. The van der Waals surface area contributed by atoms with Crippen molar-refractivity contribution in [1.82, 2.24) is 14.5 Å². The quantitative estimate of drug-likeness (QED) is 0.791. The molecular weight excluding hydrogens is 374 g/mol. The van der Waals surface area contributed by atoms with Crippen molar-refractivity contribution >= 4 is 28.3 Å². The molecule has 26 heavy (non-hydrogen) atoms. The fourth-order valence-electron chi connectivity index (χ4n) is 3.25. The smallest absolute Gasteiger partial charge is 0.254 e. The van der Waals surface area contributed by atoms with Crippen LogP contribution in [0.3, 0.4) is 0 Å². The molecule has 1 aliphatic rings. The number of nitrogens with zero attached hydrogens (tertiary/aromatic N) is 2. The molecule has 0 bridgehead atoms. The predicted molar refractivity (Wildman–Crippen MR) is 107 cm³/mol. The Bertz CT molecular complexity index is 714. The van der Waals surface area contributed by atoms with Crippen LogP contribution in [0.2, 0.25) is 0 Å². The third-order valence-electron chi connectivity index (χ3n) is 4.96. The number of sulfonamides is 1. The molecule has 1 fully saturated rings. The van der Waals surface area contributed by atoms with E-state index in [2.05, 4.69) is 5.32 Å². The number of halogens is 1. The van der Waals surface area contributed by atoms with Gasteiger partial charge >= 0.3 is 0 Å². The zero-order valence-corrected chi connectivity index (χ0v) is 17.6. The number of benzene rings is 1. The van der Waals surface area contributed by atoms with Crippen LogP contribution in [0.4, 0.5) is 0 Å². The zero-order valence-electron chi connectivity index (χ0n) is 16.0. The molecule has 0 aromatic heterocycles. The van der Waals surface area contributed by atoms with Gasteiger partial charge in [-0.3, -0.25) is 4.79 Å². The second kappa shape index (κ2) is 9.69. The molecule has 0 aliphatic carbocycles. The van der Waals surface area contributed by atoms with Crippen LogP contribution in [-0.2, 0) is 10.0 Å². The average Bonchev–Trinajstić information content (AvgIpc) is 2.62. The van der Waals surface area contributed by atoms with Crippen LogP contribution in [-0.4, -0.2) is 62.8 Å². The maximum Gasteiger partial charge on any atom is 0.254 e. The van der Waals surface area contributed by atoms with E-state index >= 15 is 0 Å². The Morgan fingerprint density at radius 3 is 2.31 bits per heavy atom. The highest BCUT2D eigenvalue weighted by Gasteiger charge is 2.27. The molecule has 8 heteroatoms. The maximum atomic E-state index is 12.9. The lowest BCUT2D eigenvalue weighted by Crippen LogP contribution is -2.44. The lowest BCUT2D eigenvalue weighted by Gasteiger charge is -2.32. The second-order valence-corrected chi connectivity index (χ2v) is 8.40. The minimum atomic E-state index is -3.57. The van der Waals surface area contributed by atoms with Gasteiger partial charge in [0, 0.05) is 31.7 Å². The molecular formula is C18H30ClN3O3S. The summed E-state index contributed by atoms with van der Waals surface area (Å²) in [6.07, 6.45) is 1.83. The molecule has 1 aromatic rings. The van der Waals surface area contributed by atoms with E-state index in [0.29, 0.717) is 18.7 Å². The Hall–Kier alpha value is -1.15. The van der Waals surface area contributed by atoms with Crippen molar-refractivity contribution in [1.29, 1.82) is 0 Å². The van der Waals surface area contributed by atoms with Crippen LogP contribution in [0, 0.1) is 6.92 Å². The van der Waals surface area contributed by atoms with E-state index < -0.39 is 10.0 Å². The number of carbonyl (C=O) groups is 1. The van der Waals surface area contributed by atoms with Gasteiger partial charge in [-0.25, -0.2) is 8.42 Å². The second-order valence-electron chi connectivity index (χ2n) is 6.46. The highest BCUT2D eigenvalue weighted by Crippen LogP contribution is 2.22. The molecule has 2 rings (SSSR count). The molecule has 148 valence electrons. The van der Waals surface area contributed by atoms with E-state index in [1.54, 1.807) is 17.0 Å². The van der Waals surface area contributed by atoms with E-state index in [9.17, 15) is 13.2 Å². The van der Waals surface area contributed by atoms with E-state index in [-0.39, 0.29) is 29.3 Å². The van der Waals surface area contributed by atoms with Gasteiger partial charge in [-0.15, -0.1) is 12.4 Å². The van der Waals surface area contributed by atoms with Gasteiger partial charge in [0.25, 0.3) is 5.91 Å². The SMILES string of the molecule is CCN(CC)S(=O)(=O)c1ccc(C)c(C(=O)N(C)C2CCNCC2)c1.Cl. The number of amides is 1. The van der Waals surface area contributed by atoms with Crippen LogP contribution in [0.15, 0.2) is 23.1 Å². The number of aryl methyl sites for hydroxylation is 1. The van der Waals surface area contributed by atoms with Crippen molar-refractivity contribution in [3.8, 4) is 0 Å². The van der Waals surface area contributed by atoms with Crippen LogP contribution in [0.5, 0.6) is 0 Å². The number of piperidine rings is 1. The Morgan fingerprint density at radius 1 is 1.19 bits per heavy atom. The summed E-state index contributed by atoms with van der Waals surface area (Å²) >= 11 is 0. The number of rotatable bonds is 6. The molecule has 1 heterocycles. The number of carbonyl (C=O) groups excluding carboxylic acids is 1. The summed E-state index contributed by atoms with van der Waals surface area (Å²) in [5.41, 5.74) is 1.26. The average molecular weight is 404 g/mol. The summed E-state index contributed by atoms with van der Waals surface area (Å²) < 4.78 is 26.9. The molecule has 0 unspecified atom stereocenters. The van der Waals surface area contributed by atoms with Crippen LogP contribution < -0.4 is 5.32 Å². The third-order valence-corrected chi connectivity index (χ3v) is 7.01. The van der Waals surface area contributed by atoms with Gasteiger partial charge in [0.15, 0.2) is 0 Å². The summed E-state index contributed by atoms with van der Waals surface area (Å²) in [5.74, 6) is -0.110. The minimum Gasteiger partial charge on any atom is -0.339 e. The van der Waals surface area contributed by atoms with Crippen LogP contribution in [0.1, 0.15) is 42.6 Å². The fourth-order valence-corrected chi connectivity index (χ4v) is 4.74. The summed E-state index contributed by atoms with van der Waals surface area (Å²) in [4.78, 5) is 14.9. The summed E-state index contributed by atoms with van der Waals surface area (Å²) in [5, 5.41) is 3.29. The first-order valence-corrected chi connectivity index (χ1v) is 10.4. The molecule has 1 N–H and O–H groups in total. The first-order chi connectivity index (χ1) is 11.8. The van der Waals surface area contributed by atoms with Gasteiger partial charge in [-0.2, -0.15) is 4.31 Å². The monoisotopic (exact) mass is 403 g/mol. The Labute approximate surface area is 163 Å². The summed E-state index contributed by atoms with van der Waals surface area (Å²) in [6.45, 7) is 8.08. The largest absolute Gasteiger partial charge is 0.339 e. The van der Waals surface area contributed by atoms with E-state index in [1.807, 2.05) is 27.8 Å². The van der Waals surface area contributed by atoms with Gasteiger partial charge in [0.05, 0.1) is 4.90 Å². The van der Waals surface area contributed by atoms with Crippen molar-refractivity contribution < 1.29 is 13.2 Å². The number of nitrogens with one attached hydrogen (secondary N) is 1. The Balaban J connectivity index is 0.00000338. The van der Waals surface area contributed by atoms with Crippen molar-refractivity contribution in [2.45, 2.75) is 44.6 Å². The normalized spacial score (nSPS) is 15.6. The lowest BCUT2D eigenvalue weighted by molar-refractivity contribution is 0.0702. The fraction of sp³-hybridized carbons (Fsp3) is 0.611. The zero-order chi connectivity index (χ0) is 18.6. The summed E-state index contributed by atoms with van der Waals surface area (Å²) in [6, 6.07) is 5.03. The standard InChI is InChI=1S/C18H29N3O3S.ClH/c1-5-21(6-2)25(23,24)16-8-7-14(3)17(13-16)18(22)20(4)15-9-11-19-12-10-15;/h7-8,13,15,19H,5-6,9-12H2,1-4H3;1H. The van der Waals surface area contributed by atoms with Crippen molar-refractivity contribution in [2.75, 3.05) is 33.2 Å². The predicted octanol–water partition coefficient (Wildman–Crippen LogP) is 2.27. The van der Waals surface area contributed by atoms with Crippen molar-refractivity contribution in [3.63, 3.8) is 0 Å². The third kappa shape index (κ3) is 4.76. The van der Waals surface area contributed by atoms with Crippen LogP contribution >= 0.6 is 12.4 Å². The molecule has 0 saturated carbocycles. The van der Waals surface area contributed by atoms with Crippen LogP contribution in [0.25, 0.3) is 0 Å². The van der Waals surface area contributed by atoms with Gasteiger partial charge < -0.3 is 10.2 Å². The number of hydrogen-bond donors (Lipinski definition) is 1. The van der Waals surface area contributed by atoms with E-state index in [0.717, 1.165) is 31.5 Å². The summed E-state index contributed by atoms with van der Waals surface area (Å²) in [7, 11) is -1.76. The van der Waals surface area contributed by atoms with Gasteiger partial charge in [0.1, 0.15) is 0 Å². The lowest BCUT2D eigenvalue weighted by atomic mass is 10.0. The molecule has 1 aliphatic heterocycles. The van der Waals surface area contributed by atoms with E-state index in [1.165, 1.54) is 10.4 Å². The molecule has 1 amide bonds. The molecule has 6 nitrogen and oxygen atoms in total. The van der Waals surface area contributed by atoms with Gasteiger partial charge in [-0.05, 0) is 50.6 Å². The molecule has 0 atom stereocenters. The van der Waals surface area contributed by atoms with Gasteiger partial charge in [-0.1, -0.05) is 19.9 Å². The maximum absolute atomic E-state index is 12.9. The van der Waals surface area contributed by atoms with E-state index in [4.69, 9.17) is 0 Å². The topological polar surface area (TPSA) is 69.7 Å². The Kier molecular flexibility index (Phi) is 8.53. The first-order valence-electron chi connectivity index (χ1n) is 8.91. The first kappa shape index (κ1) is 22.9. The molecule has 1 saturated heterocycles. The Morgan fingerprint density at radius 2 is 1.77 bits per heavy atom. The van der Waals surface area contributed by atoms with Gasteiger partial charge in [0.2, 0.25) is 10.0 Å².